The first-order valence-electron chi connectivity index (χ1n) is 7.04. The van der Waals surface area contributed by atoms with Crippen molar-refractivity contribution in [3.63, 3.8) is 0 Å². The normalized spacial score (nSPS) is 12.8. The third-order valence-corrected chi connectivity index (χ3v) is 4.19. The summed E-state index contributed by atoms with van der Waals surface area (Å²) in [7, 11) is 0. The number of nitrogens with one attached hydrogen (secondary N) is 1. The highest BCUT2D eigenvalue weighted by Crippen LogP contribution is 2.12. The highest BCUT2D eigenvalue weighted by atomic mass is 32.1. The van der Waals surface area contributed by atoms with Crippen molar-refractivity contribution in [2.45, 2.75) is 52.7 Å². The van der Waals surface area contributed by atoms with Crippen LogP contribution in [-0.2, 0) is 25.9 Å². The maximum Gasteiger partial charge on any atom is 0.0625 e. The molecule has 0 aromatic carbocycles. The van der Waals surface area contributed by atoms with Crippen LogP contribution in [0.15, 0.2) is 23.6 Å². The number of rotatable bonds is 7. The minimum Gasteiger partial charge on any atom is -0.308 e. The molecule has 0 fully saturated rings. The van der Waals surface area contributed by atoms with E-state index < -0.39 is 0 Å². The molecule has 4 heteroatoms. The minimum atomic E-state index is 0.490. The molecule has 0 aliphatic rings. The van der Waals surface area contributed by atoms with Crippen LogP contribution in [0.1, 0.15) is 37.0 Å². The number of aromatic nitrogens is 2. The zero-order valence-electron chi connectivity index (χ0n) is 12.0. The summed E-state index contributed by atoms with van der Waals surface area (Å²) in [5.41, 5.74) is 2.47. The van der Waals surface area contributed by atoms with Gasteiger partial charge >= 0.3 is 0 Å². The molecule has 19 heavy (non-hydrogen) atoms. The van der Waals surface area contributed by atoms with Crippen LogP contribution in [0, 0.1) is 0 Å². The monoisotopic (exact) mass is 277 g/mol. The van der Waals surface area contributed by atoms with E-state index in [2.05, 4.69) is 59.4 Å². The van der Waals surface area contributed by atoms with Gasteiger partial charge in [-0.15, -0.1) is 11.3 Å². The van der Waals surface area contributed by atoms with Crippen LogP contribution in [0.4, 0.5) is 0 Å². The van der Waals surface area contributed by atoms with Crippen LogP contribution in [0.2, 0.25) is 0 Å². The van der Waals surface area contributed by atoms with E-state index in [1.807, 2.05) is 11.3 Å². The summed E-state index contributed by atoms with van der Waals surface area (Å²) in [4.78, 5) is 1.44. The van der Waals surface area contributed by atoms with E-state index in [4.69, 9.17) is 0 Å². The number of nitrogens with zero attached hydrogens (tertiary/aromatic N) is 2. The third kappa shape index (κ3) is 3.91. The van der Waals surface area contributed by atoms with Gasteiger partial charge in [-0.25, -0.2) is 0 Å². The molecule has 2 rings (SSSR count). The van der Waals surface area contributed by atoms with Crippen molar-refractivity contribution in [3.05, 3.63) is 39.8 Å². The molecule has 3 nitrogen and oxygen atoms in total. The Labute approximate surface area is 119 Å². The average molecular weight is 277 g/mol. The van der Waals surface area contributed by atoms with Crippen LogP contribution in [0.25, 0.3) is 0 Å². The molecule has 2 aromatic heterocycles. The predicted octanol–water partition coefficient (Wildman–Crippen LogP) is 3.25. The van der Waals surface area contributed by atoms with E-state index in [0.717, 1.165) is 25.9 Å². The Bertz CT molecular complexity index is 487. The molecule has 1 atom stereocenters. The highest BCUT2D eigenvalue weighted by Gasteiger charge is 2.08. The molecule has 1 N–H and O–H groups in total. The standard InChI is InChI=1S/C15H23N3S/c1-4-13-10-14(18(5-2)17-13)11-16-12(3)9-15-7-6-8-19-15/h6-8,10,12,16H,4-5,9,11H2,1-3H3. The van der Waals surface area contributed by atoms with Gasteiger partial charge in [-0.3, -0.25) is 4.68 Å². The lowest BCUT2D eigenvalue weighted by Gasteiger charge is -2.13. The second kappa shape index (κ2) is 6.87. The zero-order valence-corrected chi connectivity index (χ0v) is 12.8. The van der Waals surface area contributed by atoms with Crippen molar-refractivity contribution in [2.24, 2.45) is 0 Å². The second-order valence-corrected chi connectivity index (χ2v) is 5.89. The Morgan fingerprint density at radius 2 is 2.26 bits per heavy atom. The van der Waals surface area contributed by atoms with Gasteiger partial charge in [0.05, 0.1) is 11.4 Å². The molecule has 0 aliphatic heterocycles. The summed E-state index contributed by atoms with van der Waals surface area (Å²) in [6.07, 6.45) is 2.10. The summed E-state index contributed by atoms with van der Waals surface area (Å²) < 4.78 is 2.10. The molecule has 0 spiro atoms. The Morgan fingerprint density at radius 1 is 1.42 bits per heavy atom. The maximum atomic E-state index is 4.58. The molecular weight excluding hydrogens is 254 g/mol. The van der Waals surface area contributed by atoms with E-state index in [9.17, 15) is 0 Å². The van der Waals surface area contributed by atoms with Crippen molar-refractivity contribution in [3.8, 4) is 0 Å². The Hall–Kier alpha value is -1.13. The van der Waals surface area contributed by atoms with Gasteiger partial charge in [0.25, 0.3) is 0 Å². The third-order valence-electron chi connectivity index (χ3n) is 3.29. The number of hydrogen-bond acceptors (Lipinski definition) is 3. The lowest BCUT2D eigenvalue weighted by molar-refractivity contribution is 0.515. The van der Waals surface area contributed by atoms with Crippen molar-refractivity contribution < 1.29 is 0 Å². The summed E-state index contributed by atoms with van der Waals surface area (Å²) in [5, 5.41) is 10.3. The Kier molecular flexibility index (Phi) is 5.16. The Balaban J connectivity index is 1.89. The van der Waals surface area contributed by atoms with Crippen molar-refractivity contribution in [2.75, 3.05) is 0 Å². The van der Waals surface area contributed by atoms with Crippen LogP contribution in [-0.4, -0.2) is 15.8 Å². The van der Waals surface area contributed by atoms with Gasteiger partial charge in [-0.2, -0.15) is 5.10 Å². The van der Waals surface area contributed by atoms with Crippen LogP contribution in [0.3, 0.4) is 0 Å². The van der Waals surface area contributed by atoms with Crippen molar-refractivity contribution in [1.82, 2.24) is 15.1 Å². The van der Waals surface area contributed by atoms with Gasteiger partial charge in [0.2, 0.25) is 0 Å². The highest BCUT2D eigenvalue weighted by molar-refractivity contribution is 7.09. The smallest absolute Gasteiger partial charge is 0.0625 e. The zero-order chi connectivity index (χ0) is 13.7. The van der Waals surface area contributed by atoms with E-state index >= 15 is 0 Å². The molecule has 0 saturated heterocycles. The molecular formula is C15H23N3S. The molecule has 0 amide bonds. The maximum absolute atomic E-state index is 4.58. The molecule has 0 aliphatic carbocycles. The number of hydrogen-bond donors (Lipinski definition) is 1. The van der Waals surface area contributed by atoms with Gasteiger partial charge in [0.15, 0.2) is 0 Å². The SMILES string of the molecule is CCc1cc(CNC(C)Cc2cccs2)n(CC)n1. The van der Waals surface area contributed by atoms with E-state index in [1.54, 1.807) is 0 Å². The molecule has 0 bridgehead atoms. The van der Waals surface area contributed by atoms with Gasteiger partial charge in [-0.1, -0.05) is 13.0 Å². The summed E-state index contributed by atoms with van der Waals surface area (Å²) in [5.74, 6) is 0. The van der Waals surface area contributed by atoms with Crippen molar-refractivity contribution >= 4 is 11.3 Å². The predicted molar refractivity (Wildman–Crippen MR) is 81.6 cm³/mol. The fourth-order valence-corrected chi connectivity index (χ4v) is 3.02. The molecule has 2 aromatic rings. The summed E-state index contributed by atoms with van der Waals surface area (Å²) in [6, 6.07) is 7.03. The minimum absolute atomic E-state index is 0.490. The van der Waals surface area contributed by atoms with Gasteiger partial charge in [0, 0.05) is 24.0 Å². The van der Waals surface area contributed by atoms with Gasteiger partial charge < -0.3 is 5.32 Å². The number of aryl methyl sites for hydroxylation is 2. The van der Waals surface area contributed by atoms with E-state index in [1.165, 1.54) is 16.3 Å². The first-order chi connectivity index (χ1) is 9.22. The fraction of sp³-hybridized carbons (Fsp3) is 0.533. The molecule has 2 heterocycles. The first-order valence-corrected chi connectivity index (χ1v) is 7.92. The van der Waals surface area contributed by atoms with Crippen LogP contribution >= 0.6 is 11.3 Å². The molecule has 0 saturated carbocycles. The fourth-order valence-electron chi connectivity index (χ4n) is 2.19. The first kappa shape index (κ1) is 14.3. The van der Waals surface area contributed by atoms with Crippen LogP contribution < -0.4 is 5.32 Å². The molecule has 104 valence electrons. The Morgan fingerprint density at radius 3 is 2.89 bits per heavy atom. The second-order valence-electron chi connectivity index (χ2n) is 4.86. The van der Waals surface area contributed by atoms with Crippen molar-refractivity contribution in [1.29, 1.82) is 0 Å². The van der Waals surface area contributed by atoms with Gasteiger partial charge in [0.1, 0.15) is 0 Å². The quantitative estimate of drug-likeness (QED) is 0.842. The van der Waals surface area contributed by atoms with Crippen LogP contribution in [0.5, 0.6) is 0 Å². The summed E-state index contributed by atoms with van der Waals surface area (Å²) >= 11 is 1.83. The number of thiophene rings is 1. The topological polar surface area (TPSA) is 29.9 Å². The largest absolute Gasteiger partial charge is 0.308 e. The molecule has 1 unspecified atom stereocenters. The van der Waals surface area contributed by atoms with E-state index in [-0.39, 0.29) is 0 Å². The lowest BCUT2D eigenvalue weighted by atomic mass is 10.2. The van der Waals surface area contributed by atoms with Gasteiger partial charge in [-0.05, 0) is 44.2 Å². The van der Waals surface area contributed by atoms with E-state index in [0.29, 0.717) is 6.04 Å². The lowest BCUT2D eigenvalue weighted by Crippen LogP contribution is -2.28. The molecule has 0 radical (unpaired) electrons. The average Bonchev–Trinajstić information content (AvgIpc) is 3.04. The summed E-state index contributed by atoms with van der Waals surface area (Å²) in [6.45, 7) is 8.38.